The number of nitrogens with zero attached hydrogens (tertiary/aromatic N) is 1. The molecule has 0 aliphatic rings. The van der Waals surface area contributed by atoms with Crippen LogP contribution < -0.4 is 20.5 Å². The Labute approximate surface area is 122 Å². The van der Waals surface area contributed by atoms with Crippen molar-refractivity contribution in [2.75, 3.05) is 19.5 Å². The Morgan fingerprint density at radius 3 is 2.43 bits per heavy atom. The standard InChI is InChI=1S/C15H17N3O3/c1-20-12-6-11(7-13(8-12)21-2)15(19)18-14-5-10(9-16)3-4-17-14/h3-8H,9,16H2,1-2H3,(H,17,18,19). The van der Waals surface area contributed by atoms with Crippen molar-refractivity contribution in [1.82, 2.24) is 4.98 Å². The number of pyridine rings is 1. The van der Waals surface area contributed by atoms with Crippen molar-refractivity contribution < 1.29 is 14.3 Å². The number of ether oxygens (including phenoxy) is 2. The summed E-state index contributed by atoms with van der Waals surface area (Å²) in [6.45, 7) is 0.387. The van der Waals surface area contributed by atoms with Gasteiger partial charge in [0.25, 0.3) is 5.91 Å². The fraction of sp³-hybridized carbons (Fsp3) is 0.200. The number of rotatable bonds is 5. The molecule has 21 heavy (non-hydrogen) atoms. The Hall–Kier alpha value is -2.60. The fourth-order valence-electron chi connectivity index (χ4n) is 1.80. The van der Waals surface area contributed by atoms with Gasteiger partial charge in [0, 0.05) is 24.4 Å². The average Bonchev–Trinajstić information content (AvgIpc) is 2.54. The first-order chi connectivity index (χ1) is 10.2. The van der Waals surface area contributed by atoms with Crippen LogP contribution in [0.25, 0.3) is 0 Å². The zero-order valence-electron chi connectivity index (χ0n) is 11.9. The molecule has 6 heteroatoms. The molecule has 0 saturated heterocycles. The van der Waals surface area contributed by atoms with Crippen LogP contribution in [0.3, 0.4) is 0 Å². The molecule has 1 aromatic carbocycles. The summed E-state index contributed by atoms with van der Waals surface area (Å²) >= 11 is 0. The Balaban J connectivity index is 2.23. The highest BCUT2D eigenvalue weighted by Gasteiger charge is 2.11. The summed E-state index contributed by atoms with van der Waals surface area (Å²) in [6, 6.07) is 8.49. The molecule has 1 aromatic heterocycles. The van der Waals surface area contributed by atoms with Crippen molar-refractivity contribution in [3.8, 4) is 11.5 Å². The molecule has 0 fully saturated rings. The second-order valence-electron chi connectivity index (χ2n) is 4.31. The first-order valence-electron chi connectivity index (χ1n) is 6.35. The van der Waals surface area contributed by atoms with Gasteiger partial charge < -0.3 is 20.5 Å². The maximum atomic E-state index is 12.3. The van der Waals surface area contributed by atoms with Gasteiger partial charge in [0.2, 0.25) is 0 Å². The lowest BCUT2D eigenvalue weighted by atomic mass is 10.2. The second kappa shape index (κ2) is 6.71. The number of methoxy groups -OCH3 is 2. The zero-order valence-corrected chi connectivity index (χ0v) is 11.9. The molecule has 0 atom stereocenters. The van der Waals surface area contributed by atoms with E-state index in [0.29, 0.717) is 29.4 Å². The van der Waals surface area contributed by atoms with Crippen LogP contribution in [0, 0.1) is 0 Å². The van der Waals surface area contributed by atoms with E-state index in [0.717, 1.165) is 5.56 Å². The maximum Gasteiger partial charge on any atom is 0.257 e. The number of nitrogens with one attached hydrogen (secondary N) is 1. The number of carbonyl (C=O) groups is 1. The average molecular weight is 287 g/mol. The smallest absolute Gasteiger partial charge is 0.257 e. The lowest BCUT2D eigenvalue weighted by molar-refractivity contribution is 0.102. The summed E-state index contributed by atoms with van der Waals surface area (Å²) < 4.78 is 10.3. The van der Waals surface area contributed by atoms with E-state index in [1.165, 1.54) is 14.2 Å². The number of carbonyl (C=O) groups excluding carboxylic acids is 1. The van der Waals surface area contributed by atoms with E-state index >= 15 is 0 Å². The number of aromatic nitrogens is 1. The van der Waals surface area contributed by atoms with Crippen molar-refractivity contribution >= 4 is 11.7 Å². The molecule has 1 heterocycles. The normalized spacial score (nSPS) is 10.0. The summed E-state index contributed by atoms with van der Waals surface area (Å²) in [5.74, 6) is 1.24. The highest BCUT2D eigenvalue weighted by atomic mass is 16.5. The number of anilines is 1. The van der Waals surface area contributed by atoms with E-state index < -0.39 is 0 Å². The van der Waals surface area contributed by atoms with E-state index in [4.69, 9.17) is 15.2 Å². The lowest BCUT2D eigenvalue weighted by Crippen LogP contribution is -2.13. The molecule has 0 saturated carbocycles. The van der Waals surface area contributed by atoms with Gasteiger partial charge in [0.15, 0.2) is 0 Å². The molecule has 0 bridgehead atoms. The first kappa shape index (κ1) is 14.8. The van der Waals surface area contributed by atoms with Gasteiger partial charge in [-0.25, -0.2) is 4.98 Å². The molecule has 2 rings (SSSR count). The van der Waals surface area contributed by atoms with Crippen LogP contribution in [0.2, 0.25) is 0 Å². The summed E-state index contributed by atoms with van der Waals surface area (Å²) in [5.41, 5.74) is 6.88. The zero-order chi connectivity index (χ0) is 15.2. The SMILES string of the molecule is COc1cc(OC)cc(C(=O)Nc2cc(CN)ccn2)c1. The van der Waals surface area contributed by atoms with Crippen LogP contribution >= 0.6 is 0 Å². The summed E-state index contributed by atoms with van der Waals surface area (Å²) in [5, 5.41) is 2.72. The molecule has 0 spiro atoms. The van der Waals surface area contributed by atoms with Gasteiger partial charge in [-0.1, -0.05) is 0 Å². The predicted octanol–water partition coefficient (Wildman–Crippen LogP) is 1.81. The van der Waals surface area contributed by atoms with Gasteiger partial charge in [0.1, 0.15) is 17.3 Å². The van der Waals surface area contributed by atoms with Gasteiger partial charge in [-0.2, -0.15) is 0 Å². The Bertz CT molecular complexity index is 622. The second-order valence-corrected chi connectivity index (χ2v) is 4.31. The molecular formula is C15H17N3O3. The van der Waals surface area contributed by atoms with Crippen LogP contribution in [0.15, 0.2) is 36.5 Å². The van der Waals surface area contributed by atoms with Crippen molar-refractivity contribution in [2.45, 2.75) is 6.54 Å². The van der Waals surface area contributed by atoms with E-state index in [2.05, 4.69) is 10.3 Å². The third-order valence-electron chi connectivity index (χ3n) is 2.92. The van der Waals surface area contributed by atoms with Gasteiger partial charge in [0.05, 0.1) is 14.2 Å². The highest BCUT2D eigenvalue weighted by molar-refractivity contribution is 6.04. The number of nitrogens with two attached hydrogens (primary N) is 1. The Kier molecular flexibility index (Phi) is 4.73. The minimum absolute atomic E-state index is 0.297. The van der Waals surface area contributed by atoms with Crippen molar-refractivity contribution in [2.24, 2.45) is 5.73 Å². The van der Waals surface area contributed by atoms with E-state index in [-0.39, 0.29) is 5.91 Å². The topological polar surface area (TPSA) is 86.5 Å². The molecule has 2 aromatic rings. The quantitative estimate of drug-likeness (QED) is 0.875. The first-order valence-corrected chi connectivity index (χ1v) is 6.35. The minimum Gasteiger partial charge on any atom is -0.497 e. The Morgan fingerprint density at radius 2 is 1.86 bits per heavy atom. The van der Waals surface area contributed by atoms with Gasteiger partial charge in [-0.3, -0.25) is 4.79 Å². The largest absolute Gasteiger partial charge is 0.497 e. The molecule has 1 amide bonds. The minimum atomic E-state index is -0.297. The van der Waals surface area contributed by atoms with Crippen LogP contribution in [-0.4, -0.2) is 25.1 Å². The van der Waals surface area contributed by atoms with Crippen LogP contribution in [-0.2, 0) is 6.54 Å². The monoisotopic (exact) mass is 287 g/mol. The molecule has 6 nitrogen and oxygen atoms in total. The number of hydrogen-bond acceptors (Lipinski definition) is 5. The number of benzene rings is 1. The molecule has 3 N–H and O–H groups in total. The third kappa shape index (κ3) is 3.70. The summed E-state index contributed by atoms with van der Waals surface area (Å²) in [7, 11) is 3.06. The van der Waals surface area contributed by atoms with Crippen LogP contribution in [0.4, 0.5) is 5.82 Å². The van der Waals surface area contributed by atoms with Crippen molar-refractivity contribution in [3.63, 3.8) is 0 Å². The molecule has 0 unspecified atom stereocenters. The maximum absolute atomic E-state index is 12.3. The molecule has 0 radical (unpaired) electrons. The number of hydrogen-bond donors (Lipinski definition) is 2. The van der Waals surface area contributed by atoms with Gasteiger partial charge >= 0.3 is 0 Å². The van der Waals surface area contributed by atoms with Crippen LogP contribution in [0.5, 0.6) is 11.5 Å². The van der Waals surface area contributed by atoms with Gasteiger partial charge in [-0.05, 0) is 29.8 Å². The van der Waals surface area contributed by atoms with Crippen LogP contribution in [0.1, 0.15) is 15.9 Å². The highest BCUT2D eigenvalue weighted by Crippen LogP contribution is 2.23. The van der Waals surface area contributed by atoms with Crippen molar-refractivity contribution in [3.05, 3.63) is 47.7 Å². The predicted molar refractivity (Wildman–Crippen MR) is 79.6 cm³/mol. The summed E-state index contributed by atoms with van der Waals surface area (Å²) in [4.78, 5) is 16.3. The Morgan fingerprint density at radius 1 is 1.19 bits per heavy atom. The van der Waals surface area contributed by atoms with Crippen molar-refractivity contribution in [1.29, 1.82) is 0 Å². The molecule has 0 aliphatic carbocycles. The van der Waals surface area contributed by atoms with E-state index in [1.807, 2.05) is 0 Å². The third-order valence-corrected chi connectivity index (χ3v) is 2.92. The summed E-state index contributed by atoms with van der Waals surface area (Å²) in [6.07, 6.45) is 1.60. The lowest BCUT2D eigenvalue weighted by Gasteiger charge is -2.09. The fourth-order valence-corrected chi connectivity index (χ4v) is 1.80. The molecule has 110 valence electrons. The van der Waals surface area contributed by atoms with Gasteiger partial charge in [-0.15, -0.1) is 0 Å². The molecule has 0 aliphatic heterocycles. The van der Waals surface area contributed by atoms with E-state index in [1.54, 1.807) is 36.5 Å². The molecular weight excluding hydrogens is 270 g/mol. The number of amides is 1. The van der Waals surface area contributed by atoms with E-state index in [9.17, 15) is 4.79 Å².